The number of alkyl halides is 2. The number of pyridine rings is 1. The molecule has 0 aliphatic heterocycles. The fourth-order valence-electron chi connectivity index (χ4n) is 1.29. The van der Waals surface area contributed by atoms with E-state index in [-0.39, 0.29) is 5.56 Å². The molecule has 1 heterocycles. The molecule has 0 fully saturated rings. The minimum atomic E-state index is -3.30. The number of aliphatic hydroxyl groups is 1. The van der Waals surface area contributed by atoms with Crippen molar-refractivity contribution in [1.82, 2.24) is 10.3 Å². The standard InChI is InChI=1S/C11H14F2N2O2/c1-7-3-4-9(8(2)15-7)10(17)14-5-11(12,13)6-16/h3-4,16H,5-6H2,1-2H3,(H,14,17). The number of nitrogens with zero attached hydrogens (tertiary/aromatic N) is 1. The van der Waals surface area contributed by atoms with Gasteiger partial charge in [0.2, 0.25) is 0 Å². The molecule has 0 aliphatic rings. The molecule has 0 saturated carbocycles. The van der Waals surface area contributed by atoms with Crippen LogP contribution in [0, 0.1) is 13.8 Å². The first-order valence-electron chi connectivity index (χ1n) is 5.07. The first-order chi connectivity index (χ1) is 7.85. The Hall–Kier alpha value is -1.56. The molecule has 17 heavy (non-hydrogen) atoms. The number of aliphatic hydroxyl groups excluding tert-OH is 1. The summed E-state index contributed by atoms with van der Waals surface area (Å²) in [4.78, 5) is 15.6. The molecule has 6 heteroatoms. The largest absolute Gasteiger partial charge is 0.390 e. The molecule has 0 atom stereocenters. The first kappa shape index (κ1) is 13.5. The molecule has 0 spiro atoms. The fourth-order valence-corrected chi connectivity index (χ4v) is 1.29. The van der Waals surface area contributed by atoms with Crippen molar-refractivity contribution >= 4 is 5.91 Å². The van der Waals surface area contributed by atoms with Crippen LogP contribution < -0.4 is 5.32 Å². The van der Waals surface area contributed by atoms with Gasteiger partial charge < -0.3 is 10.4 Å². The van der Waals surface area contributed by atoms with Crippen LogP contribution in [0.4, 0.5) is 8.78 Å². The molecule has 0 radical (unpaired) electrons. The summed E-state index contributed by atoms with van der Waals surface area (Å²) in [6.07, 6.45) is 0. The lowest BCUT2D eigenvalue weighted by Crippen LogP contribution is -2.39. The maximum absolute atomic E-state index is 12.7. The quantitative estimate of drug-likeness (QED) is 0.832. The van der Waals surface area contributed by atoms with Gasteiger partial charge in [-0.2, -0.15) is 0 Å². The van der Waals surface area contributed by atoms with E-state index >= 15 is 0 Å². The smallest absolute Gasteiger partial charge is 0.287 e. The lowest BCUT2D eigenvalue weighted by atomic mass is 10.1. The fraction of sp³-hybridized carbons (Fsp3) is 0.455. The molecule has 1 amide bonds. The topological polar surface area (TPSA) is 62.2 Å². The summed E-state index contributed by atoms with van der Waals surface area (Å²) in [5, 5.41) is 10.4. The van der Waals surface area contributed by atoms with E-state index < -0.39 is 25.0 Å². The molecule has 1 aromatic rings. The Kier molecular flexibility index (Phi) is 4.11. The lowest BCUT2D eigenvalue weighted by Gasteiger charge is -2.14. The van der Waals surface area contributed by atoms with Gasteiger partial charge in [-0.05, 0) is 26.0 Å². The number of amides is 1. The van der Waals surface area contributed by atoms with Crippen LogP contribution in [0.5, 0.6) is 0 Å². The van der Waals surface area contributed by atoms with Gasteiger partial charge >= 0.3 is 0 Å². The van der Waals surface area contributed by atoms with E-state index in [0.717, 1.165) is 5.69 Å². The van der Waals surface area contributed by atoms with Crippen molar-refractivity contribution in [2.75, 3.05) is 13.2 Å². The predicted octanol–water partition coefficient (Wildman–Crippen LogP) is 1.06. The van der Waals surface area contributed by atoms with Gasteiger partial charge in [-0.15, -0.1) is 0 Å². The molecule has 4 nitrogen and oxygen atoms in total. The van der Waals surface area contributed by atoms with Gasteiger partial charge in [-0.1, -0.05) is 0 Å². The maximum atomic E-state index is 12.7. The number of halogens is 2. The summed E-state index contributed by atoms with van der Waals surface area (Å²) < 4.78 is 25.4. The molecule has 0 aliphatic carbocycles. The highest BCUT2D eigenvalue weighted by molar-refractivity contribution is 5.95. The average molecular weight is 244 g/mol. The molecule has 0 saturated heterocycles. The third kappa shape index (κ3) is 3.74. The average Bonchev–Trinajstić information content (AvgIpc) is 2.26. The number of hydrogen-bond donors (Lipinski definition) is 2. The minimum Gasteiger partial charge on any atom is -0.390 e. The summed E-state index contributed by atoms with van der Waals surface area (Å²) >= 11 is 0. The second-order valence-corrected chi connectivity index (χ2v) is 3.78. The third-order valence-electron chi connectivity index (χ3n) is 2.21. The Morgan fingerprint density at radius 1 is 1.47 bits per heavy atom. The van der Waals surface area contributed by atoms with Crippen molar-refractivity contribution in [2.45, 2.75) is 19.8 Å². The van der Waals surface area contributed by atoms with Gasteiger partial charge in [0.25, 0.3) is 11.8 Å². The van der Waals surface area contributed by atoms with Crippen molar-refractivity contribution in [3.05, 3.63) is 29.1 Å². The van der Waals surface area contributed by atoms with Gasteiger partial charge in [0.05, 0.1) is 17.8 Å². The molecular formula is C11H14F2N2O2. The highest BCUT2D eigenvalue weighted by Gasteiger charge is 2.28. The van der Waals surface area contributed by atoms with Crippen LogP contribution in [0.1, 0.15) is 21.7 Å². The summed E-state index contributed by atoms with van der Waals surface area (Å²) in [6, 6.07) is 3.16. The van der Waals surface area contributed by atoms with Gasteiger partial charge in [0, 0.05) is 5.69 Å². The Morgan fingerprint density at radius 3 is 2.65 bits per heavy atom. The summed E-state index contributed by atoms with van der Waals surface area (Å²) in [6.45, 7) is 1.22. The monoisotopic (exact) mass is 244 g/mol. The molecule has 0 aromatic carbocycles. The van der Waals surface area contributed by atoms with E-state index in [1.54, 1.807) is 19.9 Å². The van der Waals surface area contributed by atoms with E-state index in [1.807, 2.05) is 0 Å². The maximum Gasteiger partial charge on any atom is 0.287 e. The molecule has 1 rings (SSSR count). The summed E-state index contributed by atoms with van der Waals surface area (Å²) in [7, 11) is 0. The summed E-state index contributed by atoms with van der Waals surface area (Å²) in [5.74, 6) is -3.93. The van der Waals surface area contributed by atoms with Crippen molar-refractivity contribution in [2.24, 2.45) is 0 Å². The van der Waals surface area contributed by atoms with Crippen LogP contribution in [-0.4, -0.2) is 35.1 Å². The van der Waals surface area contributed by atoms with Crippen LogP contribution in [-0.2, 0) is 0 Å². The number of aromatic nitrogens is 1. The number of carbonyl (C=O) groups excluding carboxylic acids is 1. The van der Waals surface area contributed by atoms with Gasteiger partial charge in [-0.25, -0.2) is 8.78 Å². The molecule has 0 unspecified atom stereocenters. The lowest BCUT2D eigenvalue weighted by molar-refractivity contribution is -0.0462. The van der Waals surface area contributed by atoms with Crippen molar-refractivity contribution in [3.8, 4) is 0 Å². The Morgan fingerprint density at radius 2 is 2.12 bits per heavy atom. The molecular weight excluding hydrogens is 230 g/mol. The number of aryl methyl sites for hydroxylation is 2. The van der Waals surface area contributed by atoms with Gasteiger partial charge in [0.1, 0.15) is 6.61 Å². The van der Waals surface area contributed by atoms with E-state index in [2.05, 4.69) is 10.3 Å². The zero-order chi connectivity index (χ0) is 13.1. The number of nitrogens with one attached hydrogen (secondary N) is 1. The molecule has 94 valence electrons. The van der Waals surface area contributed by atoms with E-state index in [1.165, 1.54) is 6.07 Å². The van der Waals surface area contributed by atoms with Crippen LogP contribution in [0.25, 0.3) is 0 Å². The minimum absolute atomic E-state index is 0.254. The summed E-state index contributed by atoms with van der Waals surface area (Å²) in [5.41, 5.74) is 1.49. The number of rotatable bonds is 4. The second-order valence-electron chi connectivity index (χ2n) is 3.78. The van der Waals surface area contributed by atoms with Crippen molar-refractivity contribution < 1.29 is 18.7 Å². The Bertz CT molecular complexity index is 422. The van der Waals surface area contributed by atoms with Crippen molar-refractivity contribution in [3.63, 3.8) is 0 Å². The first-order valence-corrected chi connectivity index (χ1v) is 5.07. The van der Waals surface area contributed by atoms with Crippen LogP contribution in [0.15, 0.2) is 12.1 Å². The SMILES string of the molecule is Cc1ccc(C(=O)NCC(F)(F)CO)c(C)n1. The normalized spacial score (nSPS) is 11.4. The van der Waals surface area contributed by atoms with E-state index in [4.69, 9.17) is 5.11 Å². The highest BCUT2D eigenvalue weighted by atomic mass is 19.3. The zero-order valence-corrected chi connectivity index (χ0v) is 9.63. The predicted molar refractivity (Wildman–Crippen MR) is 58.1 cm³/mol. The number of hydrogen-bond acceptors (Lipinski definition) is 3. The van der Waals surface area contributed by atoms with E-state index in [0.29, 0.717) is 5.69 Å². The molecule has 0 bridgehead atoms. The van der Waals surface area contributed by atoms with E-state index in [9.17, 15) is 13.6 Å². The highest BCUT2D eigenvalue weighted by Crippen LogP contribution is 2.11. The second kappa shape index (κ2) is 5.18. The van der Waals surface area contributed by atoms with Crippen LogP contribution >= 0.6 is 0 Å². The van der Waals surface area contributed by atoms with Gasteiger partial charge in [0.15, 0.2) is 0 Å². The number of carbonyl (C=O) groups is 1. The third-order valence-corrected chi connectivity index (χ3v) is 2.21. The Balaban J connectivity index is 2.71. The Labute approximate surface area is 97.7 Å². The van der Waals surface area contributed by atoms with Crippen LogP contribution in [0.2, 0.25) is 0 Å². The molecule has 2 N–H and O–H groups in total. The molecule has 1 aromatic heterocycles. The van der Waals surface area contributed by atoms with Crippen LogP contribution in [0.3, 0.4) is 0 Å². The van der Waals surface area contributed by atoms with Crippen molar-refractivity contribution in [1.29, 1.82) is 0 Å². The van der Waals surface area contributed by atoms with Gasteiger partial charge in [-0.3, -0.25) is 9.78 Å². The zero-order valence-electron chi connectivity index (χ0n) is 9.63.